The lowest BCUT2D eigenvalue weighted by Crippen LogP contribution is -2.65. The van der Waals surface area contributed by atoms with Crippen LogP contribution in [0.15, 0.2) is 54.6 Å². The lowest BCUT2D eigenvalue weighted by Gasteiger charge is -2.41. The zero-order valence-corrected chi connectivity index (χ0v) is 20.0. The highest BCUT2D eigenvalue weighted by Crippen LogP contribution is 2.29. The number of nitrogens with two attached hydrogens (primary N) is 2. The average molecular weight is 464 g/mol. The van der Waals surface area contributed by atoms with Gasteiger partial charge in [-0.25, -0.2) is 0 Å². The van der Waals surface area contributed by atoms with Crippen LogP contribution in [-0.2, 0) is 22.6 Å². The maximum atomic E-state index is 13.3. The van der Waals surface area contributed by atoms with E-state index in [1.807, 2.05) is 42.5 Å². The van der Waals surface area contributed by atoms with E-state index in [1.54, 1.807) is 19.1 Å². The minimum Gasteiger partial charge on any atom is -0.384 e. The van der Waals surface area contributed by atoms with Gasteiger partial charge in [-0.3, -0.25) is 20.3 Å². The highest BCUT2D eigenvalue weighted by molar-refractivity contribution is 5.95. The van der Waals surface area contributed by atoms with Crippen LogP contribution in [0.5, 0.6) is 0 Å². The second-order valence-electron chi connectivity index (χ2n) is 9.35. The van der Waals surface area contributed by atoms with Crippen LogP contribution in [0.4, 0.5) is 0 Å². The quantitative estimate of drug-likeness (QED) is 0.259. The number of carbonyl (C=O) groups excluding carboxylic acids is 2. The smallest absolute Gasteiger partial charge is 0.238 e. The number of aryl methyl sites for hydroxylation is 1. The predicted molar refractivity (Wildman–Crippen MR) is 135 cm³/mol. The third-order valence-corrected chi connectivity index (χ3v) is 7.02. The van der Waals surface area contributed by atoms with Gasteiger partial charge in [-0.05, 0) is 36.8 Å². The van der Waals surface area contributed by atoms with Crippen molar-refractivity contribution in [2.24, 2.45) is 17.4 Å². The van der Waals surface area contributed by atoms with E-state index in [4.69, 9.17) is 16.9 Å². The number of rotatable bonds is 11. The average Bonchev–Trinajstić information content (AvgIpc) is 2.86. The molecule has 1 aliphatic carbocycles. The number of nitrogen functional groups attached to an aromatic ring is 1. The molecule has 34 heavy (non-hydrogen) atoms. The van der Waals surface area contributed by atoms with Gasteiger partial charge in [-0.15, -0.1) is 0 Å². The Kier molecular flexibility index (Phi) is 8.82. The first-order valence-electron chi connectivity index (χ1n) is 12.1. The summed E-state index contributed by atoms with van der Waals surface area (Å²) >= 11 is 0. The molecule has 2 atom stereocenters. The van der Waals surface area contributed by atoms with E-state index in [1.165, 1.54) is 6.42 Å². The van der Waals surface area contributed by atoms with Crippen molar-refractivity contribution in [3.63, 3.8) is 0 Å². The summed E-state index contributed by atoms with van der Waals surface area (Å²) in [6.45, 7) is 2.11. The molecule has 7 nitrogen and oxygen atoms in total. The van der Waals surface area contributed by atoms with Gasteiger partial charge in [0.15, 0.2) is 0 Å². The summed E-state index contributed by atoms with van der Waals surface area (Å²) in [5.74, 6) is -1.34. The largest absolute Gasteiger partial charge is 0.384 e. The second kappa shape index (κ2) is 11.8. The summed E-state index contributed by atoms with van der Waals surface area (Å²) in [6.07, 6.45) is 6.49. The fraction of sp³-hybridized carbons (Fsp3) is 0.444. The molecule has 1 saturated carbocycles. The molecule has 3 rings (SSSR count). The molecule has 1 unspecified atom stereocenters. The van der Waals surface area contributed by atoms with Crippen molar-refractivity contribution in [3.05, 3.63) is 71.3 Å². The number of primary amides is 1. The fourth-order valence-electron chi connectivity index (χ4n) is 4.79. The molecule has 0 heterocycles. The minimum absolute atomic E-state index is 0.00246. The molecule has 0 aromatic heterocycles. The lowest BCUT2D eigenvalue weighted by molar-refractivity contribution is -0.136. The molecule has 7 heteroatoms. The first-order valence-corrected chi connectivity index (χ1v) is 12.1. The van der Waals surface area contributed by atoms with Crippen molar-refractivity contribution in [1.29, 1.82) is 5.41 Å². The van der Waals surface area contributed by atoms with Gasteiger partial charge in [0.05, 0.1) is 5.92 Å². The molecule has 2 aromatic rings. The first kappa shape index (κ1) is 25.4. The maximum Gasteiger partial charge on any atom is 0.238 e. The van der Waals surface area contributed by atoms with Crippen LogP contribution >= 0.6 is 0 Å². The van der Waals surface area contributed by atoms with Gasteiger partial charge >= 0.3 is 0 Å². The van der Waals surface area contributed by atoms with Gasteiger partial charge in [0.2, 0.25) is 11.8 Å². The van der Waals surface area contributed by atoms with Crippen LogP contribution in [-0.4, -0.2) is 29.2 Å². The lowest BCUT2D eigenvalue weighted by atomic mass is 9.77. The molecule has 0 saturated heterocycles. The zero-order chi connectivity index (χ0) is 24.6. The van der Waals surface area contributed by atoms with E-state index in [0.29, 0.717) is 24.9 Å². The molecule has 0 bridgehead atoms. The van der Waals surface area contributed by atoms with Gasteiger partial charge in [0.1, 0.15) is 11.4 Å². The normalized spacial score (nSPS) is 16.9. The van der Waals surface area contributed by atoms with E-state index < -0.39 is 17.4 Å². The highest BCUT2D eigenvalue weighted by atomic mass is 16.2. The Balaban J connectivity index is 1.76. The Bertz CT molecular complexity index is 970. The Morgan fingerprint density at radius 2 is 1.65 bits per heavy atom. The first-order chi connectivity index (χ1) is 16.3. The summed E-state index contributed by atoms with van der Waals surface area (Å²) in [6, 6.07) is 17.3. The van der Waals surface area contributed by atoms with Crippen molar-refractivity contribution in [2.75, 3.05) is 0 Å². The van der Waals surface area contributed by atoms with Crippen LogP contribution < -0.4 is 22.1 Å². The highest BCUT2D eigenvalue weighted by Gasteiger charge is 2.46. The van der Waals surface area contributed by atoms with Crippen LogP contribution in [0.2, 0.25) is 0 Å². The number of amidine groups is 1. The number of hydrogen-bond donors (Lipinski definition) is 5. The maximum absolute atomic E-state index is 13.3. The van der Waals surface area contributed by atoms with E-state index in [9.17, 15) is 9.59 Å². The molecule has 1 fully saturated rings. The summed E-state index contributed by atoms with van der Waals surface area (Å²) in [5.41, 5.74) is 13.0. The standard InChI is InChI=1S/C27H37N5O2/c1-19(25(33)31-18-21-12-14-22(15-13-21)24(28)29)27(26(30)34,32-23-10-6-3-7-11-23)17-16-20-8-4-2-5-9-20/h2,4-5,8-9,12-15,19,23,32H,3,6-7,10-11,16-18H2,1H3,(H3,28,29)(H2,30,34)(H,31,33)/t19-,27?/m1/s1. The molecule has 7 N–H and O–H groups in total. The van der Waals surface area contributed by atoms with Crippen LogP contribution in [0.1, 0.15) is 62.1 Å². The van der Waals surface area contributed by atoms with Crippen LogP contribution in [0, 0.1) is 11.3 Å². The van der Waals surface area contributed by atoms with E-state index in [2.05, 4.69) is 10.6 Å². The Morgan fingerprint density at radius 1 is 1.00 bits per heavy atom. The molecule has 0 aliphatic heterocycles. The van der Waals surface area contributed by atoms with E-state index in [0.717, 1.165) is 36.8 Å². The van der Waals surface area contributed by atoms with E-state index in [-0.39, 0.29) is 17.8 Å². The third-order valence-electron chi connectivity index (χ3n) is 7.02. The van der Waals surface area contributed by atoms with Gasteiger partial charge in [0.25, 0.3) is 0 Å². The zero-order valence-electron chi connectivity index (χ0n) is 20.0. The molecule has 2 amide bonds. The molecular weight excluding hydrogens is 426 g/mol. The number of benzene rings is 2. The van der Waals surface area contributed by atoms with Crippen molar-refractivity contribution in [1.82, 2.24) is 10.6 Å². The van der Waals surface area contributed by atoms with Crippen molar-refractivity contribution >= 4 is 17.6 Å². The molecule has 0 radical (unpaired) electrons. The Labute approximate surface area is 202 Å². The summed E-state index contributed by atoms with van der Waals surface area (Å²) in [7, 11) is 0. The monoisotopic (exact) mass is 463 g/mol. The van der Waals surface area contributed by atoms with Crippen molar-refractivity contribution in [2.45, 2.75) is 70.0 Å². The van der Waals surface area contributed by atoms with Crippen LogP contribution in [0.25, 0.3) is 0 Å². The number of hydrogen-bond acceptors (Lipinski definition) is 4. The number of carbonyl (C=O) groups is 2. The van der Waals surface area contributed by atoms with E-state index >= 15 is 0 Å². The molecular formula is C27H37N5O2. The Morgan fingerprint density at radius 3 is 2.24 bits per heavy atom. The van der Waals surface area contributed by atoms with Gasteiger partial charge in [-0.1, -0.05) is 80.8 Å². The molecule has 182 valence electrons. The summed E-state index contributed by atoms with van der Waals surface area (Å²) in [4.78, 5) is 26.3. The second-order valence-corrected chi connectivity index (χ2v) is 9.35. The van der Waals surface area contributed by atoms with Gasteiger partial charge < -0.3 is 16.8 Å². The predicted octanol–water partition coefficient (Wildman–Crippen LogP) is 3.00. The van der Waals surface area contributed by atoms with Crippen LogP contribution in [0.3, 0.4) is 0 Å². The Hall–Kier alpha value is -3.19. The molecule has 1 aliphatic rings. The summed E-state index contributed by atoms with van der Waals surface area (Å²) in [5, 5.41) is 14.0. The summed E-state index contributed by atoms with van der Waals surface area (Å²) < 4.78 is 0. The minimum atomic E-state index is -1.14. The fourth-order valence-corrected chi connectivity index (χ4v) is 4.79. The van der Waals surface area contributed by atoms with Crippen molar-refractivity contribution in [3.8, 4) is 0 Å². The number of nitrogens with one attached hydrogen (secondary N) is 3. The molecule has 2 aromatic carbocycles. The van der Waals surface area contributed by atoms with Gasteiger partial charge in [-0.2, -0.15) is 0 Å². The molecule has 0 spiro atoms. The SMILES string of the molecule is C[C@H](C(=O)NCc1ccc(C(=N)N)cc1)C(CCc1ccccc1)(NC1CCCCC1)C(N)=O. The van der Waals surface area contributed by atoms with Crippen molar-refractivity contribution < 1.29 is 9.59 Å². The topological polar surface area (TPSA) is 134 Å². The number of amides is 2. The van der Waals surface area contributed by atoms with Gasteiger partial charge in [0, 0.05) is 18.2 Å². The third kappa shape index (κ3) is 6.44.